The summed E-state index contributed by atoms with van der Waals surface area (Å²) in [5.41, 5.74) is 6.66. The molecule has 0 aliphatic carbocycles. The van der Waals surface area contributed by atoms with Crippen LogP contribution in [0.2, 0.25) is 0 Å². The van der Waals surface area contributed by atoms with Crippen LogP contribution < -0.4 is 10.6 Å². The van der Waals surface area contributed by atoms with Crippen LogP contribution >= 0.6 is 0 Å². The monoisotopic (exact) mass is 498 g/mol. The Morgan fingerprint density at radius 2 is 1.16 bits per heavy atom. The standard InChI is InChI=1S/C29H34N6O2/c1-19(18-27(37)31-29-21(3)33-35(23(29)5)25-14-10-7-11-15-25)16-17-26(36)30-28-20(2)32-34(22(28)4)24-12-8-6-9-13-24/h6-15,19H,16-18H2,1-5H3,(H,30,36)(H,31,37). The number of hydrogen-bond acceptors (Lipinski definition) is 4. The second kappa shape index (κ2) is 11.2. The van der Waals surface area contributed by atoms with Crippen molar-refractivity contribution in [3.05, 3.63) is 83.4 Å². The molecule has 2 aromatic heterocycles. The number of carbonyl (C=O) groups is 2. The number of aromatic nitrogens is 4. The van der Waals surface area contributed by atoms with E-state index in [9.17, 15) is 9.59 Å². The highest BCUT2D eigenvalue weighted by Gasteiger charge is 2.19. The maximum absolute atomic E-state index is 12.8. The molecule has 0 bridgehead atoms. The highest BCUT2D eigenvalue weighted by Crippen LogP contribution is 2.25. The van der Waals surface area contributed by atoms with Gasteiger partial charge in [0, 0.05) is 12.8 Å². The van der Waals surface area contributed by atoms with Gasteiger partial charge in [-0.2, -0.15) is 10.2 Å². The molecule has 2 aromatic carbocycles. The van der Waals surface area contributed by atoms with Crippen molar-refractivity contribution in [2.24, 2.45) is 5.92 Å². The highest BCUT2D eigenvalue weighted by atomic mass is 16.2. The van der Waals surface area contributed by atoms with E-state index in [0.29, 0.717) is 19.3 Å². The van der Waals surface area contributed by atoms with Crippen LogP contribution in [-0.4, -0.2) is 31.4 Å². The predicted molar refractivity (Wildman–Crippen MR) is 146 cm³/mol. The summed E-state index contributed by atoms with van der Waals surface area (Å²) < 4.78 is 3.67. The molecule has 8 heteroatoms. The number of rotatable bonds is 9. The van der Waals surface area contributed by atoms with E-state index in [1.54, 1.807) is 0 Å². The molecule has 0 saturated carbocycles. The number of hydrogen-bond donors (Lipinski definition) is 2. The number of nitrogens with zero attached hydrogens (tertiary/aromatic N) is 4. The minimum atomic E-state index is -0.0816. The lowest BCUT2D eigenvalue weighted by Crippen LogP contribution is -2.18. The van der Waals surface area contributed by atoms with Gasteiger partial charge in [0.2, 0.25) is 11.8 Å². The molecule has 0 radical (unpaired) electrons. The van der Waals surface area contributed by atoms with Crippen molar-refractivity contribution in [1.29, 1.82) is 0 Å². The van der Waals surface area contributed by atoms with E-state index in [0.717, 1.165) is 45.5 Å². The Labute approximate surface area is 217 Å². The number of aryl methyl sites for hydroxylation is 2. The lowest BCUT2D eigenvalue weighted by Gasteiger charge is -2.12. The zero-order valence-electron chi connectivity index (χ0n) is 22.1. The molecule has 0 spiro atoms. The van der Waals surface area contributed by atoms with Crippen LogP contribution in [-0.2, 0) is 9.59 Å². The van der Waals surface area contributed by atoms with Crippen LogP contribution in [0, 0.1) is 33.6 Å². The maximum atomic E-state index is 12.8. The topological polar surface area (TPSA) is 93.8 Å². The van der Waals surface area contributed by atoms with Crippen molar-refractivity contribution in [2.75, 3.05) is 10.6 Å². The van der Waals surface area contributed by atoms with Crippen molar-refractivity contribution in [3.63, 3.8) is 0 Å². The Morgan fingerprint density at radius 3 is 1.62 bits per heavy atom. The first kappa shape index (κ1) is 25.9. The first-order valence-corrected chi connectivity index (χ1v) is 12.6. The third-order valence-corrected chi connectivity index (χ3v) is 6.51. The Kier molecular flexibility index (Phi) is 7.86. The van der Waals surface area contributed by atoms with E-state index < -0.39 is 0 Å². The Morgan fingerprint density at radius 1 is 0.730 bits per heavy atom. The second-order valence-corrected chi connectivity index (χ2v) is 9.53. The van der Waals surface area contributed by atoms with Gasteiger partial charge >= 0.3 is 0 Å². The molecule has 2 heterocycles. The number of nitrogens with one attached hydrogen (secondary N) is 2. The van der Waals surface area contributed by atoms with Gasteiger partial charge in [0.1, 0.15) is 0 Å². The average Bonchev–Trinajstić information content (AvgIpc) is 3.33. The quantitative estimate of drug-likeness (QED) is 0.311. The first-order valence-electron chi connectivity index (χ1n) is 12.6. The predicted octanol–water partition coefficient (Wildman–Crippen LogP) is 5.68. The van der Waals surface area contributed by atoms with Crippen molar-refractivity contribution in [1.82, 2.24) is 19.6 Å². The van der Waals surface area contributed by atoms with Gasteiger partial charge in [-0.3, -0.25) is 9.59 Å². The number of anilines is 2. The summed E-state index contributed by atoms with van der Waals surface area (Å²) in [6.07, 6.45) is 1.26. The van der Waals surface area contributed by atoms with Gasteiger partial charge in [0.25, 0.3) is 0 Å². The maximum Gasteiger partial charge on any atom is 0.224 e. The van der Waals surface area contributed by atoms with Crippen LogP contribution in [0.3, 0.4) is 0 Å². The fourth-order valence-electron chi connectivity index (χ4n) is 4.48. The fraction of sp³-hybridized carbons (Fsp3) is 0.310. The number of amides is 2. The van der Waals surface area contributed by atoms with Crippen LogP contribution in [0.4, 0.5) is 11.4 Å². The van der Waals surface area contributed by atoms with Gasteiger partial charge in [-0.25, -0.2) is 9.36 Å². The number of carbonyl (C=O) groups excluding carboxylic acids is 2. The van der Waals surface area contributed by atoms with E-state index in [4.69, 9.17) is 0 Å². The van der Waals surface area contributed by atoms with Gasteiger partial charge in [-0.1, -0.05) is 43.3 Å². The normalized spacial score (nSPS) is 11.8. The third-order valence-electron chi connectivity index (χ3n) is 6.51. The zero-order chi connectivity index (χ0) is 26.5. The SMILES string of the molecule is Cc1nn(-c2ccccc2)c(C)c1NC(=O)CCC(C)CC(=O)Nc1c(C)nn(-c2ccccc2)c1C. The molecule has 192 valence electrons. The summed E-state index contributed by atoms with van der Waals surface area (Å²) >= 11 is 0. The Balaban J connectivity index is 1.31. The molecular formula is C29H34N6O2. The average molecular weight is 499 g/mol. The van der Waals surface area contributed by atoms with Crippen molar-refractivity contribution >= 4 is 23.2 Å². The van der Waals surface area contributed by atoms with E-state index >= 15 is 0 Å². The van der Waals surface area contributed by atoms with Crippen molar-refractivity contribution < 1.29 is 9.59 Å². The number of benzene rings is 2. The van der Waals surface area contributed by atoms with E-state index in [-0.39, 0.29) is 17.7 Å². The minimum absolute atomic E-state index is 0.0461. The van der Waals surface area contributed by atoms with Gasteiger partial charge in [-0.05, 0) is 64.3 Å². The summed E-state index contributed by atoms with van der Waals surface area (Å²) in [6.45, 7) is 9.66. The van der Waals surface area contributed by atoms with E-state index in [1.165, 1.54) is 0 Å². The minimum Gasteiger partial charge on any atom is -0.323 e. The summed E-state index contributed by atoms with van der Waals surface area (Å²) in [5.74, 6) is -0.116. The van der Waals surface area contributed by atoms with Crippen molar-refractivity contribution in [2.45, 2.75) is 53.9 Å². The van der Waals surface area contributed by atoms with Gasteiger partial charge < -0.3 is 10.6 Å². The second-order valence-electron chi connectivity index (χ2n) is 9.53. The molecule has 4 rings (SSSR count). The Bertz CT molecular complexity index is 1390. The van der Waals surface area contributed by atoms with Crippen LogP contribution in [0.5, 0.6) is 0 Å². The smallest absolute Gasteiger partial charge is 0.224 e. The van der Waals surface area contributed by atoms with E-state index in [1.807, 2.05) is 105 Å². The lowest BCUT2D eigenvalue weighted by molar-refractivity contribution is -0.118. The fourth-order valence-corrected chi connectivity index (χ4v) is 4.48. The zero-order valence-corrected chi connectivity index (χ0v) is 22.1. The molecule has 4 aromatic rings. The number of para-hydroxylation sites is 2. The first-order chi connectivity index (χ1) is 17.7. The molecule has 1 unspecified atom stereocenters. The van der Waals surface area contributed by atoms with Crippen LogP contribution in [0.1, 0.15) is 49.0 Å². The Hall–Kier alpha value is -4.20. The summed E-state index contributed by atoms with van der Waals surface area (Å²) in [6, 6.07) is 19.7. The molecular weight excluding hydrogens is 464 g/mol. The van der Waals surface area contributed by atoms with Gasteiger partial charge in [0.15, 0.2) is 0 Å². The van der Waals surface area contributed by atoms with Gasteiger partial charge in [-0.15, -0.1) is 0 Å². The molecule has 0 aliphatic heterocycles. The van der Waals surface area contributed by atoms with Crippen molar-refractivity contribution in [3.8, 4) is 11.4 Å². The lowest BCUT2D eigenvalue weighted by atomic mass is 10.0. The third kappa shape index (κ3) is 5.97. The van der Waals surface area contributed by atoms with Crippen LogP contribution in [0.15, 0.2) is 60.7 Å². The summed E-state index contributed by atoms with van der Waals surface area (Å²) in [7, 11) is 0. The largest absolute Gasteiger partial charge is 0.323 e. The summed E-state index contributed by atoms with van der Waals surface area (Å²) in [5, 5.41) is 15.2. The summed E-state index contributed by atoms with van der Waals surface area (Å²) in [4.78, 5) is 25.5. The molecule has 8 nitrogen and oxygen atoms in total. The molecule has 37 heavy (non-hydrogen) atoms. The van der Waals surface area contributed by atoms with Crippen LogP contribution in [0.25, 0.3) is 11.4 Å². The molecule has 0 aliphatic rings. The molecule has 1 atom stereocenters. The van der Waals surface area contributed by atoms with E-state index in [2.05, 4.69) is 20.8 Å². The molecule has 2 amide bonds. The van der Waals surface area contributed by atoms with Gasteiger partial charge in [0.05, 0.1) is 45.5 Å². The molecule has 0 fully saturated rings. The molecule has 2 N–H and O–H groups in total. The molecule has 0 saturated heterocycles. The highest BCUT2D eigenvalue weighted by molar-refractivity contribution is 5.93.